The molecule has 3 heteroatoms. The molecule has 0 spiro atoms. The van der Waals surface area contributed by atoms with E-state index in [1.165, 1.54) is 16.7 Å². The van der Waals surface area contributed by atoms with Crippen LogP contribution in [0.25, 0.3) is 0 Å². The van der Waals surface area contributed by atoms with Crippen LogP contribution in [-0.4, -0.2) is 9.97 Å². The summed E-state index contributed by atoms with van der Waals surface area (Å²) in [6.45, 7) is 6.59. The Kier molecular flexibility index (Phi) is 3.48. The molecule has 17 heavy (non-hydrogen) atoms. The Balaban J connectivity index is 2.47. The summed E-state index contributed by atoms with van der Waals surface area (Å²) >= 11 is 5.08. The van der Waals surface area contributed by atoms with Gasteiger partial charge in [0, 0.05) is 17.8 Å². The molecule has 0 radical (unpaired) electrons. The summed E-state index contributed by atoms with van der Waals surface area (Å²) in [6, 6.07) is 6.51. The predicted octanol–water partition coefficient (Wildman–Crippen LogP) is 4.09. The number of imidazole rings is 1. The fraction of sp³-hybridized carbons (Fsp3) is 0.357. The van der Waals surface area contributed by atoms with E-state index in [4.69, 9.17) is 12.2 Å². The van der Waals surface area contributed by atoms with Crippen molar-refractivity contribution < 1.29 is 0 Å². The molecule has 1 aromatic carbocycles. The maximum Gasteiger partial charge on any atom is 0.174 e. The van der Waals surface area contributed by atoms with Gasteiger partial charge in [-0.2, -0.15) is 0 Å². The van der Waals surface area contributed by atoms with Crippen molar-refractivity contribution in [3.63, 3.8) is 0 Å². The molecule has 2 rings (SSSR count). The van der Waals surface area contributed by atoms with Gasteiger partial charge in [0.25, 0.3) is 0 Å². The predicted molar refractivity (Wildman–Crippen MR) is 74.1 cm³/mol. The standard InChI is InChI=1S/C14H18N2S/c1-4-11-9(2)6-5-7-12(11)10(3)13-8-15-14(17)16-13/h5-8,10H,4H2,1-3H3,(H2,15,16,17)/t10-/m0/s1. The van der Waals surface area contributed by atoms with Crippen LogP contribution in [-0.2, 0) is 6.42 Å². The molecule has 0 aliphatic rings. The molecular formula is C14H18N2S. The largest absolute Gasteiger partial charge is 0.337 e. The summed E-state index contributed by atoms with van der Waals surface area (Å²) in [5.74, 6) is 0.345. The van der Waals surface area contributed by atoms with E-state index in [0.29, 0.717) is 10.7 Å². The zero-order chi connectivity index (χ0) is 12.4. The smallest absolute Gasteiger partial charge is 0.174 e. The summed E-state index contributed by atoms with van der Waals surface area (Å²) in [6.07, 6.45) is 3.03. The molecule has 0 bridgehead atoms. The molecule has 0 amide bonds. The average Bonchev–Trinajstić information content (AvgIpc) is 2.74. The normalized spacial score (nSPS) is 12.6. The Labute approximate surface area is 107 Å². The molecule has 2 N–H and O–H groups in total. The van der Waals surface area contributed by atoms with Crippen LogP contribution in [0.15, 0.2) is 24.4 Å². The van der Waals surface area contributed by atoms with E-state index in [1.807, 2.05) is 6.20 Å². The summed E-state index contributed by atoms with van der Waals surface area (Å²) in [5.41, 5.74) is 5.35. The zero-order valence-electron chi connectivity index (χ0n) is 10.5. The quantitative estimate of drug-likeness (QED) is 0.785. The van der Waals surface area contributed by atoms with E-state index in [2.05, 4.69) is 48.9 Å². The second-order valence-electron chi connectivity index (χ2n) is 4.42. The average molecular weight is 246 g/mol. The number of hydrogen-bond acceptors (Lipinski definition) is 1. The molecule has 0 saturated heterocycles. The van der Waals surface area contributed by atoms with Crippen LogP contribution >= 0.6 is 12.2 Å². The molecule has 2 nitrogen and oxygen atoms in total. The second kappa shape index (κ2) is 4.88. The lowest BCUT2D eigenvalue weighted by Crippen LogP contribution is -2.02. The van der Waals surface area contributed by atoms with Crippen molar-refractivity contribution in [3.05, 3.63) is 51.6 Å². The third-order valence-corrected chi connectivity index (χ3v) is 3.57. The van der Waals surface area contributed by atoms with Crippen molar-refractivity contribution in [2.24, 2.45) is 0 Å². The van der Waals surface area contributed by atoms with Gasteiger partial charge in [0.2, 0.25) is 0 Å². The lowest BCUT2D eigenvalue weighted by atomic mass is 9.90. The Bertz CT molecular complexity index is 566. The van der Waals surface area contributed by atoms with E-state index in [9.17, 15) is 0 Å². The minimum atomic E-state index is 0.345. The lowest BCUT2D eigenvalue weighted by molar-refractivity contribution is 0.856. The first kappa shape index (κ1) is 12.1. The molecule has 1 aromatic heterocycles. The number of hydrogen-bond donors (Lipinski definition) is 2. The van der Waals surface area contributed by atoms with Crippen LogP contribution in [0.5, 0.6) is 0 Å². The number of aromatic amines is 2. The van der Waals surface area contributed by atoms with E-state index >= 15 is 0 Å². The molecular weight excluding hydrogens is 228 g/mol. The monoisotopic (exact) mass is 246 g/mol. The SMILES string of the molecule is CCc1c(C)cccc1[C@H](C)c1c[nH]c(=S)[nH]1. The van der Waals surface area contributed by atoms with Gasteiger partial charge < -0.3 is 9.97 Å². The first-order valence-electron chi connectivity index (χ1n) is 5.99. The highest BCUT2D eigenvalue weighted by Gasteiger charge is 2.14. The lowest BCUT2D eigenvalue weighted by Gasteiger charge is -2.16. The summed E-state index contributed by atoms with van der Waals surface area (Å²) in [4.78, 5) is 6.23. The van der Waals surface area contributed by atoms with Gasteiger partial charge >= 0.3 is 0 Å². The maximum absolute atomic E-state index is 5.08. The molecule has 1 heterocycles. The highest BCUT2D eigenvalue weighted by atomic mass is 32.1. The Morgan fingerprint density at radius 3 is 2.71 bits per heavy atom. The van der Waals surface area contributed by atoms with Crippen LogP contribution in [0, 0.1) is 11.7 Å². The van der Waals surface area contributed by atoms with Crippen LogP contribution < -0.4 is 0 Å². The molecule has 0 aliphatic carbocycles. The van der Waals surface area contributed by atoms with Gasteiger partial charge in [-0.25, -0.2) is 0 Å². The van der Waals surface area contributed by atoms with Gasteiger partial charge in [0.15, 0.2) is 4.77 Å². The van der Waals surface area contributed by atoms with E-state index in [1.54, 1.807) is 0 Å². The minimum Gasteiger partial charge on any atom is -0.337 e. The maximum atomic E-state index is 5.08. The zero-order valence-corrected chi connectivity index (χ0v) is 11.3. The van der Waals surface area contributed by atoms with Gasteiger partial charge in [-0.3, -0.25) is 0 Å². The molecule has 90 valence electrons. The highest BCUT2D eigenvalue weighted by molar-refractivity contribution is 7.71. The van der Waals surface area contributed by atoms with E-state index in [0.717, 1.165) is 12.1 Å². The fourth-order valence-corrected chi connectivity index (χ4v) is 2.54. The summed E-state index contributed by atoms with van der Waals surface area (Å²) in [5, 5.41) is 0. The van der Waals surface area contributed by atoms with Gasteiger partial charge in [-0.1, -0.05) is 32.0 Å². The number of benzene rings is 1. The molecule has 0 fully saturated rings. The minimum absolute atomic E-state index is 0.345. The number of nitrogens with one attached hydrogen (secondary N) is 2. The number of aryl methyl sites for hydroxylation is 1. The van der Waals surface area contributed by atoms with Crippen LogP contribution in [0.3, 0.4) is 0 Å². The second-order valence-corrected chi connectivity index (χ2v) is 4.82. The Hall–Kier alpha value is -1.35. The third kappa shape index (κ3) is 2.34. The Morgan fingerprint density at radius 1 is 1.35 bits per heavy atom. The van der Waals surface area contributed by atoms with Crippen molar-refractivity contribution in [3.8, 4) is 0 Å². The van der Waals surface area contributed by atoms with Crippen molar-refractivity contribution in [1.29, 1.82) is 0 Å². The number of rotatable bonds is 3. The Morgan fingerprint density at radius 2 is 2.12 bits per heavy atom. The van der Waals surface area contributed by atoms with Gasteiger partial charge in [0.05, 0.1) is 0 Å². The van der Waals surface area contributed by atoms with Crippen molar-refractivity contribution in [2.45, 2.75) is 33.1 Å². The topological polar surface area (TPSA) is 31.6 Å². The molecule has 1 atom stereocenters. The van der Waals surface area contributed by atoms with Gasteiger partial charge in [0.1, 0.15) is 0 Å². The van der Waals surface area contributed by atoms with Crippen LogP contribution in [0.1, 0.15) is 42.1 Å². The summed E-state index contributed by atoms with van der Waals surface area (Å²) in [7, 11) is 0. The highest BCUT2D eigenvalue weighted by Crippen LogP contribution is 2.27. The molecule has 0 unspecified atom stereocenters. The van der Waals surface area contributed by atoms with Crippen LogP contribution in [0.2, 0.25) is 0 Å². The summed E-state index contributed by atoms with van der Waals surface area (Å²) < 4.78 is 0.692. The molecule has 2 aromatic rings. The van der Waals surface area contributed by atoms with E-state index in [-0.39, 0.29) is 0 Å². The van der Waals surface area contributed by atoms with E-state index < -0.39 is 0 Å². The molecule has 0 saturated carbocycles. The third-order valence-electron chi connectivity index (χ3n) is 3.35. The van der Waals surface area contributed by atoms with Crippen molar-refractivity contribution in [2.75, 3.05) is 0 Å². The first-order chi connectivity index (χ1) is 8.13. The number of aromatic nitrogens is 2. The van der Waals surface area contributed by atoms with Gasteiger partial charge in [-0.15, -0.1) is 0 Å². The van der Waals surface area contributed by atoms with Gasteiger partial charge in [-0.05, 0) is 42.3 Å². The van der Waals surface area contributed by atoms with Crippen molar-refractivity contribution in [1.82, 2.24) is 9.97 Å². The first-order valence-corrected chi connectivity index (χ1v) is 6.40. The van der Waals surface area contributed by atoms with Crippen LogP contribution in [0.4, 0.5) is 0 Å². The fourth-order valence-electron chi connectivity index (χ4n) is 2.36. The van der Waals surface area contributed by atoms with Crippen molar-refractivity contribution >= 4 is 12.2 Å². The molecule has 0 aliphatic heterocycles. The number of H-pyrrole nitrogens is 2.